The van der Waals surface area contributed by atoms with Crippen molar-refractivity contribution in [3.05, 3.63) is 17.5 Å². The molecule has 1 atom stereocenters. The number of ether oxygens (including phenoxy) is 2. The summed E-state index contributed by atoms with van der Waals surface area (Å²) in [5.41, 5.74) is 0. The van der Waals surface area contributed by atoms with Gasteiger partial charge >= 0.3 is 11.8 Å². The van der Waals surface area contributed by atoms with Gasteiger partial charge in [0.25, 0.3) is 10.0 Å². The summed E-state index contributed by atoms with van der Waals surface area (Å²) in [7, 11) is -3.68. The van der Waals surface area contributed by atoms with Gasteiger partial charge in [0.1, 0.15) is 10.4 Å². The zero-order chi connectivity index (χ0) is 20.7. The predicted molar refractivity (Wildman–Crippen MR) is 106 cm³/mol. The van der Waals surface area contributed by atoms with Gasteiger partial charge in [-0.05, 0) is 24.4 Å². The Balaban J connectivity index is 1.39. The molecule has 0 spiro atoms. The molecule has 2 fully saturated rings. The van der Waals surface area contributed by atoms with E-state index in [2.05, 4.69) is 15.5 Å². The van der Waals surface area contributed by atoms with Crippen LogP contribution >= 0.6 is 11.3 Å². The molecule has 1 aromatic heterocycles. The number of nitrogens with zero attached hydrogens (tertiary/aromatic N) is 2. The van der Waals surface area contributed by atoms with E-state index in [1.54, 1.807) is 11.4 Å². The number of carbonyl (C=O) groups is 2. The zero-order valence-corrected chi connectivity index (χ0v) is 17.7. The molecule has 2 N–H and O–H groups in total. The second-order valence-electron chi connectivity index (χ2n) is 6.65. The molecule has 0 bridgehead atoms. The largest absolute Gasteiger partial charge is 0.379 e. The van der Waals surface area contributed by atoms with Crippen molar-refractivity contribution < 1.29 is 27.5 Å². The van der Waals surface area contributed by atoms with E-state index in [0.717, 1.165) is 50.6 Å². The fraction of sp³-hybridized carbons (Fsp3) is 0.647. The van der Waals surface area contributed by atoms with Crippen molar-refractivity contribution in [2.75, 3.05) is 59.1 Å². The van der Waals surface area contributed by atoms with Gasteiger partial charge < -0.3 is 20.1 Å². The lowest BCUT2D eigenvalue weighted by Crippen LogP contribution is -2.47. The third-order valence-electron chi connectivity index (χ3n) is 4.69. The average molecular weight is 447 g/mol. The Bertz CT molecular complexity index is 780. The fourth-order valence-electron chi connectivity index (χ4n) is 3.14. The zero-order valence-electron chi connectivity index (χ0n) is 16.0. The first-order chi connectivity index (χ1) is 14.0. The van der Waals surface area contributed by atoms with Crippen LogP contribution in [0.5, 0.6) is 0 Å². The minimum atomic E-state index is -3.68. The molecule has 0 saturated carbocycles. The maximum atomic E-state index is 12.6. The smallest absolute Gasteiger partial charge is 0.309 e. The summed E-state index contributed by atoms with van der Waals surface area (Å²) >= 11 is 1.12. The molecule has 1 aromatic rings. The first-order valence-corrected chi connectivity index (χ1v) is 11.8. The third kappa shape index (κ3) is 5.96. The van der Waals surface area contributed by atoms with E-state index in [-0.39, 0.29) is 23.9 Å². The molecule has 2 saturated heterocycles. The first-order valence-electron chi connectivity index (χ1n) is 9.51. The molecular formula is C17H26N4O6S2. The highest BCUT2D eigenvalue weighted by Gasteiger charge is 2.37. The van der Waals surface area contributed by atoms with Gasteiger partial charge in [0.2, 0.25) is 0 Å². The molecule has 0 radical (unpaired) electrons. The van der Waals surface area contributed by atoms with Gasteiger partial charge in [0.15, 0.2) is 0 Å². The Labute approximate surface area is 174 Å². The standard InChI is InChI=1S/C17H26N4O6S2/c22-16(18-4-2-5-20-6-9-26-10-7-20)17(23)19-13-14-21(8-11-27-14)29(24,25)15-3-1-12-28-15/h1,3,12,14H,2,4-11,13H2,(H,18,22)(H,19,23)/t14-/m1/s1. The van der Waals surface area contributed by atoms with E-state index >= 15 is 0 Å². The topological polar surface area (TPSA) is 117 Å². The lowest BCUT2D eigenvalue weighted by atomic mass is 10.3. The molecule has 2 amide bonds. The van der Waals surface area contributed by atoms with Crippen LogP contribution in [-0.2, 0) is 29.1 Å². The van der Waals surface area contributed by atoms with Gasteiger partial charge in [-0.15, -0.1) is 11.3 Å². The molecule has 2 aliphatic rings. The number of carbonyl (C=O) groups excluding carboxylic acids is 2. The summed E-state index contributed by atoms with van der Waals surface area (Å²) in [5.74, 6) is -1.54. The van der Waals surface area contributed by atoms with Crippen molar-refractivity contribution in [2.45, 2.75) is 16.9 Å². The number of morpholine rings is 1. The van der Waals surface area contributed by atoms with Gasteiger partial charge in [-0.1, -0.05) is 6.07 Å². The fourth-order valence-corrected chi connectivity index (χ4v) is 5.77. The van der Waals surface area contributed by atoms with Gasteiger partial charge in [-0.3, -0.25) is 14.5 Å². The Morgan fingerprint density at radius 2 is 1.90 bits per heavy atom. The molecule has 29 heavy (non-hydrogen) atoms. The highest BCUT2D eigenvalue weighted by molar-refractivity contribution is 7.91. The molecule has 0 unspecified atom stereocenters. The lowest BCUT2D eigenvalue weighted by molar-refractivity contribution is -0.139. The number of hydrogen-bond donors (Lipinski definition) is 2. The summed E-state index contributed by atoms with van der Waals surface area (Å²) in [4.78, 5) is 26.2. The molecule has 3 rings (SSSR count). The molecule has 2 aliphatic heterocycles. The van der Waals surface area contributed by atoms with E-state index in [4.69, 9.17) is 9.47 Å². The predicted octanol–water partition coefficient (Wildman–Crippen LogP) is -0.950. The van der Waals surface area contributed by atoms with E-state index in [9.17, 15) is 18.0 Å². The molecule has 0 aromatic carbocycles. The van der Waals surface area contributed by atoms with Crippen molar-refractivity contribution in [3.8, 4) is 0 Å². The SMILES string of the molecule is O=C(NCCCN1CCOCC1)C(=O)NC[C@H]1OCCN1S(=O)(=O)c1cccs1. The third-order valence-corrected chi connectivity index (χ3v) is 7.95. The Hall–Kier alpha value is -1.57. The number of nitrogens with one attached hydrogen (secondary N) is 2. The highest BCUT2D eigenvalue weighted by atomic mass is 32.2. The molecule has 12 heteroatoms. The van der Waals surface area contributed by atoms with E-state index in [1.807, 2.05) is 0 Å². The van der Waals surface area contributed by atoms with Crippen LogP contribution < -0.4 is 10.6 Å². The van der Waals surface area contributed by atoms with Crippen molar-refractivity contribution in [3.63, 3.8) is 0 Å². The van der Waals surface area contributed by atoms with Crippen molar-refractivity contribution in [1.29, 1.82) is 0 Å². The summed E-state index contributed by atoms with van der Waals surface area (Å²) in [6.07, 6.45) is -0.0995. The molecule has 3 heterocycles. The quantitative estimate of drug-likeness (QED) is 0.391. The van der Waals surface area contributed by atoms with Crippen LogP contribution in [0.4, 0.5) is 0 Å². The number of hydrogen-bond acceptors (Lipinski definition) is 8. The number of amides is 2. The minimum absolute atomic E-state index is 0.0926. The monoisotopic (exact) mass is 446 g/mol. The van der Waals surface area contributed by atoms with Crippen molar-refractivity contribution >= 4 is 33.2 Å². The maximum Gasteiger partial charge on any atom is 0.309 e. The van der Waals surface area contributed by atoms with Gasteiger partial charge in [0.05, 0.1) is 26.4 Å². The van der Waals surface area contributed by atoms with Crippen LogP contribution in [0, 0.1) is 0 Å². The van der Waals surface area contributed by atoms with Gasteiger partial charge in [0, 0.05) is 26.2 Å². The van der Waals surface area contributed by atoms with Crippen LogP contribution in [-0.4, -0.2) is 94.8 Å². The normalized spacial score (nSPS) is 21.2. The molecule has 0 aliphatic carbocycles. The van der Waals surface area contributed by atoms with Crippen LogP contribution in [0.3, 0.4) is 0 Å². The van der Waals surface area contributed by atoms with E-state index in [1.165, 1.54) is 10.4 Å². The number of thiophene rings is 1. The summed E-state index contributed by atoms with van der Waals surface area (Å²) in [6.45, 7) is 4.76. The van der Waals surface area contributed by atoms with Crippen LogP contribution in [0.1, 0.15) is 6.42 Å². The van der Waals surface area contributed by atoms with E-state index < -0.39 is 28.1 Å². The Kier molecular flexibility index (Phi) is 7.98. The second kappa shape index (κ2) is 10.5. The maximum absolute atomic E-state index is 12.6. The van der Waals surface area contributed by atoms with Crippen LogP contribution in [0.2, 0.25) is 0 Å². The summed E-state index contributed by atoms with van der Waals surface area (Å²) in [5, 5.41) is 6.72. The average Bonchev–Trinajstić information content (AvgIpc) is 3.42. The second-order valence-corrected chi connectivity index (χ2v) is 9.71. The Morgan fingerprint density at radius 3 is 2.62 bits per heavy atom. The molecule has 162 valence electrons. The van der Waals surface area contributed by atoms with Crippen LogP contribution in [0.15, 0.2) is 21.7 Å². The van der Waals surface area contributed by atoms with Crippen molar-refractivity contribution in [1.82, 2.24) is 19.8 Å². The molecular weight excluding hydrogens is 420 g/mol. The lowest BCUT2D eigenvalue weighted by Gasteiger charge is -2.26. The first kappa shape index (κ1) is 22.1. The minimum Gasteiger partial charge on any atom is -0.379 e. The Morgan fingerprint density at radius 1 is 1.14 bits per heavy atom. The van der Waals surface area contributed by atoms with Crippen LogP contribution in [0.25, 0.3) is 0 Å². The molecule has 10 nitrogen and oxygen atoms in total. The number of rotatable bonds is 8. The summed E-state index contributed by atoms with van der Waals surface area (Å²) < 4.78 is 37.4. The van der Waals surface area contributed by atoms with E-state index in [0.29, 0.717) is 6.54 Å². The summed E-state index contributed by atoms with van der Waals surface area (Å²) in [6, 6.07) is 3.19. The van der Waals surface area contributed by atoms with Crippen molar-refractivity contribution in [2.24, 2.45) is 0 Å². The van der Waals surface area contributed by atoms with Gasteiger partial charge in [-0.25, -0.2) is 8.42 Å². The number of sulfonamides is 1. The van der Waals surface area contributed by atoms with Gasteiger partial charge in [-0.2, -0.15) is 4.31 Å². The highest BCUT2D eigenvalue weighted by Crippen LogP contribution is 2.25.